The van der Waals surface area contributed by atoms with Gasteiger partial charge in [-0.3, -0.25) is 4.79 Å². The number of rotatable bonds is 1. The van der Waals surface area contributed by atoms with Crippen molar-refractivity contribution < 1.29 is 0 Å². The number of fused-ring (bicyclic) bond motifs is 1. The van der Waals surface area contributed by atoms with Gasteiger partial charge in [-0.2, -0.15) is 0 Å². The minimum atomic E-state index is -0.611. The molecule has 1 aromatic heterocycles. The summed E-state index contributed by atoms with van der Waals surface area (Å²) >= 11 is 12.6. The maximum Gasteiger partial charge on any atom is 0.333 e. The lowest BCUT2D eigenvalue weighted by Crippen LogP contribution is -2.34. The van der Waals surface area contributed by atoms with Gasteiger partial charge in [-0.1, -0.05) is 59.3 Å². The van der Waals surface area contributed by atoms with Crippen LogP contribution in [0.5, 0.6) is 0 Å². The molecule has 29 heavy (non-hydrogen) atoms. The van der Waals surface area contributed by atoms with Crippen molar-refractivity contribution in [2.45, 2.75) is 6.92 Å². The van der Waals surface area contributed by atoms with E-state index in [-0.39, 0.29) is 10.7 Å². The van der Waals surface area contributed by atoms with Crippen molar-refractivity contribution in [1.82, 2.24) is 9.55 Å². The molecule has 0 saturated heterocycles. The molecule has 0 saturated carbocycles. The van der Waals surface area contributed by atoms with Crippen LogP contribution in [0.15, 0.2) is 70.3 Å². The van der Waals surface area contributed by atoms with Gasteiger partial charge in [0.05, 0.1) is 26.6 Å². The van der Waals surface area contributed by atoms with Crippen LogP contribution in [0.4, 0.5) is 0 Å². The second-order valence-electron chi connectivity index (χ2n) is 6.47. The molecule has 4 rings (SSSR count). The van der Waals surface area contributed by atoms with Gasteiger partial charge in [0.1, 0.15) is 0 Å². The number of aromatic amines is 1. The molecule has 0 bridgehead atoms. The number of aromatic nitrogens is 2. The first-order chi connectivity index (χ1) is 14.0. The average molecular weight is 421 g/mol. The van der Waals surface area contributed by atoms with Crippen molar-refractivity contribution in [3.8, 4) is 17.5 Å². The van der Waals surface area contributed by atoms with Gasteiger partial charge in [0.2, 0.25) is 0 Å². The zero-order valence-electron chi connectivity index (χ0n) is 15.3. The van der Waals surface area contributed by atoms with E-state index < -0.39 is 11.2 Å². The summed E-state index contributed by atoms with van der Waals surface area (Å²) in [5, 5.41) is 0.905. The Hall–Kier alpha value is -3.26. The smallest absolute Gasteiger partial charge is 0.305 e. The highest BCUT2D eigenvalue weighted by atomic mass is 35.5. The first-order valence-corrected chi connectivity index (χ1v) is 9.52. The summed E-state index contributed by atoms with van der Waals surface area (Å²) in [5.41, 5.74) is 1.77. The lowest BCUT2D eigenvalue weighted by molar-refractivity contribution is 0.900. The first-order valence-electron chi connectivity index (χ1n) is 8.77. The Morgan fingerprint density at radius 2 is 1.59 bits per heavy atom. The zero-order chi connectivity index (χ0) is 20.5. The molecule has 4 aromatic rings. The molecule has 0 atom stereocenters. The highest BCUT2D eigenvalue weighted by Gasteiger charge is 2.15. The predicted octanol–water partition coefficient (Wildman–Crippen LogP) is 4.69. The number of benzene rings is 3. The Bertz CT molecular complexity index is 1430. The van der Waals surface area contributed by atoms with Crippen LogP contribution < -0.4 is 11.2 Å². The monoisotopic (exact) mass is 420 g/mol. The number of nitrogens with zero attached hydrogens (tertiary/aromatic N) is 1. The van der Waals surface area contributed by atoms with Crippen LogP contribution in [0.1, 0.15) is 16.7 Å². The summed E-state index contributed by atoms with van der Waals surface area (Å²) in [6.45, 7) is 1.78. The molecule has 1 heterocycles. The van der Waals surface area contributed by atoms with Gasteiger partial charge >= 0.3 is 5.69 Å². The van der Waals surface area contributed by atoms with Gasteiger partial charge in [-0.25, -0.2) is 9.36 Å². The van der Waals surface area contributed by atoms with Crippen molar-refractivity contribution in [2.75, 3.05) is 0 Å². The second kappa shape index (κ2) is 7.63. The van der Waals surface area contributed by atoms with Gasteiger partial charge in [0, 0.05) is 11.1 Å². The van der Waals surface area contributed by atoms with Crippen LogP contribution >= 0.6 is 23.2 Å². The number of H-pyrrole nitrogens is 1. The molecule has 3 aromatic carbocycles. The molecule has 4 nitrogen and oxygen atoms in total. The third-order valence-corrected chi connectivity index (χ3v) is 5.15. The third-order valence-electron chi connectivity index (χ3n) is 4.53. The predicted molar refractivity (Wildman–Crippen MR) is 117 cm³/mol. The van der Waals surface area contributed by atoms with Gasteiger partial charge in [-0.15, -0.1) is 0 Å². The summed E-state index contributed by atoms with van der Waals surface area (Å²) in [5.74, 6) is 6.08. The molecule has 142 valence electrons. The molecule has 0 aliphatic rings. The van der Waals surface area contributed by atoms with E-state index in [1.165, 1.54) is 0 Å². The summed E-state index contributed by atoms with van der Waals surface area (Å²) in [4.78, 5) is 28.4. The fourth-order valence-corrected chi connectivity index (χ4v) is 3.57. The van der Waals surface area contributed by atoms with E-state index in [9.17, 15) is 9.59 Å². The van der Waals surface area contributed by atoms with Gasteiger partial charge in [-0.05, 0) is 48.9 Å². The first kappa shape index (κ1) is 19.1. The van der Waals surface area contributed by atoms with Gasteiger partial charge in [0.15, 0.2) is 0 Å². The van der Waals surface area contributed by atoms with E-state index in [0.29, 0.717) is 27.1 Å². The van der Waals surface area contributed by atoms with Crippen LogP contribution in [-0.4, -0.2) is 9.55 Å². The van der Waals surface area contributed by atoms with Crippen LogP contribution in [0.3, 0.4) is 0 Å². The Morgan fingerprint density at radius 3 is 2.31 bits per heavy atom. The number of hydrogen-bond acceptors (Lipinski definition) is 2. The molecule has 0 radical (unpaired) electrons. The molecule has 1 N–H and O–H groups in total. The Kier molecular flexibility index (Phi) is 5.02. The molecule has 6 heteroatoms. The zero-order valence-corrected chi connectivity index (χ0v) is 16.8. The Morgan fingerprint density at radius 1 is 0.862 bits per heavy atom. The van der Waals surface area contributed by atoms with Crippen molar-refractivity contribution in [1.29, 1.82) is 0 Å². The minimum Gasteiger partial charge on any atom is -0.305 e. The van der Waals surface area contributed by atoms with Crippen LogP contribution in [0.2, 0.25) is 10.0 Å². The van der Waals surface area contributed by atoms with Crippen molar-refractivity contribution in [3.05, 3.63) is 108 Å². The van der Waals surface area contributed by atoms with Crippen LogP contribution in [0.25, 0.3) is 16.6 Å². The minimum absolute atomic E-state index is 0.247. The van der Waals surface area contributed by atoms with E-state index in [1.807, 2.05) is 30.3 Å². The average Bonchev–Trinajstić information content (AvgIpc) is 2.71. The summed E-state index contributed by atoms with van der Waals surface area (Å²) in [7, 11) is 0. The number of nitrogens with one attached hydrogen (secondary N) is 1. The lowest BCUT2D eigenvalue weighted by Gasteiger charge is -2.10. The normalized spacial score (nSPS) is 10.6. The Balaban J connectivity index is 1.85. The van der Waals surface area contributed by atoms with E-state index in [2.05, 4.69) is 16.8 Å². The highest BCUT2D eigenvalue weighted by molar-refractivity contribution is 6.35. The standard InChI is InChI=1S/C23H14Cl2N2O2/c1-14-7-11-17(24)21-20(14)22(28)27(23(29)26-21)19-12-10-16(13-18(19)25)9-8-15-5-3-2-4-6-15/h2-7,10-13H,1H3,(H,26,29). The molecular formula is C23H14Cl2N2O2. The third kappa shape index (κ3) is 3.58. The number of halogens is 2. The molecular weight excluding hydrogens is 407 g/mol. The van der Waals surface area contributed by atoms with E-state index in [4.69, 9.17) is 23.2 Å². The Labute approximate surface area is 176 Å². The highest BCUT2D eigenvalue weighted by Crippen LogP contribution is 2.23. The van der Waals surface area contributed by atoms with E-state index in [1.54, 1.807) is 37.3 Å². The second-order valence-corrected chi connectivity index (χ2v) is 7.28. The maximum absolute atomic E-state index is 13.1. The molecule has 0 aliphatic heterocycles. The fourth-order valence-electron chi connectivity index (χ4n) is 3.10. The molecule has 0 unspecified atom stereocenters. The SMILES string of the molecule is Cc1ccc(Cl)c2[nH]c(=O)n(-c3ccc(C#Cc4ccccc4)cc3Cl)c(=O)c12. The summed E-state index contributed by atoms with van der Waals surface area (Å²) in [6.07, 6.45) is 0. The molecule has 0 spiro atoms. The summed E-state index contributed by atoms with van der Waals surface area (Å²) < 4.78 is 1.02. The number of aryl methyl sites for hydroxylation is 1. The quantitative estimate of drug-likeness (QED) is 0.454. The lowest BCUT2D eigenvalue weighted by atomic mass is 10.1. The van der Waals surface area contributed by atoms with Crippen molar-refractivity contribution in [2.24, 2.45) is 0 Å². The van der Waals surface area contributed by atoms with E-state index in [0.717, 1.165) is 10.1 Å². The van der Waals surface area contributed by atoms with Gasteiger partial charge in [0.25, 0.3) is 5.56 Å². The van der Waals surface area contributed by atoms with Crippen molar-refractivity contribution >= 4 is 34.1 Å². The number of hydrogen-bond donors (Lipinski definition) is 1. The van der Waals surface area contributed by atoms with Crippen LogP contribution in [-0.2, 0) is 0 Å². The van der Waals surface area contributed by atoms with E-state index >= 15 is 0 Å². The molecule has 0 aliphatic carbocycles. The fraction of sp³-hybridized carbons (Fsp3) is 0.0435. The summed E-state index contributed by atoms with van der Waals surface area (Å²) in [6, 6.07) is 17.9. The molecule has 0 amide bonds. The van der Waals surface area contributed by atoms with Crippen molar-refractivity contribution in [3.63, 3.8) is 0 Å². The largest absolute Gasteiger partial charge is 0.333 e. The maximum atomic E-state index is 13.1. The van der Waals surface area contributed by atoms with Crippen LogP contribution in [0, 0.1) is 18.8 Å². The molecule has 0 fully saturated rings. The topological polar surface area (TPSA) is 54.9 Å². The van der Waals surface area contributed by atoms with Gasteiger partial charge < -0.3 is 4.98 Å².